The maximum absolute atomic E-state index is 13.2. The molecule has 0 bridgehead atoms. The standard InChI is InChI=1S/C13H14FN3O2S/c1-17(9-3-8-16)20(18,19)13-6-5-12(14)10-11(13)4-2-7-15/h5-6,10H,3,7,9,15H2,1H3. The SMILES string of the molecule is CN(CCC#N)S(=O)(=O)c1ccc(F)cc1C#CCN. The van der Waals surface area contributed by atoms with Crippen molar-refractivity contribution in [1.82, 2.24) is 4.31 Å². The van der Waals surface area contributed by atoms with Gasteiger partial charge < -0.3 is 5.73 Å². The van der Waals surface area contributed by atoms with Crippen molar-refractivity contribution in [2.45, 2.75) is 11.3 Å². The van der Waals surface area contributed by atoms with Gasteiger partial charge in [-0.15, -0.1) is 0 Å². The number of halogens is 1. The van der Waals surface area contributed by atoms with E-state index in [1.807, 2.05) is 6.07 Å². The van der Waals surface area contributed by atoms with Crippen LogP contribution in [0.2, 0.25) is 0 Å². The highest BCUT2D eigenvalue weighted by molar-refractivity contribution is 7.89. The van der Waals surface area contributed by atoms with E-state index in [0.717, 1.165) is 22.5 Å². The molecular weight excluding hydrogens is 281 g/mol. The van der Waals surface area contributed by atoms with Crippen LogP contribution in [0.25, 0.3) is 0 Å². The fourth-order valence-electron chi connectivity index (χ4n) is 1.47. The van der Waals surface area contributed by atoms with Crippen LogP contribution < -0.4 is 5.73 Å². The molecule has 1 rings (SSSR count). The van der Waals surface area contributed by atoms with E-state index in [4.69, 9.17) is 11.0 Å². The van der Waals surface area contributed by atoms with Gasteiger partial charge in [-0.1, -0.05) is 11.8 Å². The van der Waals surface area contributed by atoms with E-state index >= 15 is 0 Å². The molecule has 0 radical (unpaired) electrons. The zero-order valence-corrected chi connectivity index (χ0v) is 11.7. The topological polar surface area (TPSA) is 87.2 Å². The minimum Gasteiger partial charge on any atom is -0.320 e. The minimum absolute atomic E-state index is 0.0419. The Morgan fingerprint density at radius 2 is 2.15 bits per heavy atom. The molecule has 0 heterocycles. The highest BCUT2D eigenvalue weighted by Gasteiger charge is 2.23. The van der Waals surface area contributed by atoms with Gasteiger partial charge in [0.05, 0.1) is 17.5 Å². The molecular formula is C13H14FN3O2S. The monoisotopic (exact) mass is 295 g/mol. The summed E-state index contributed by atoms with van der Waals surface area (Å²) in [6, 6.07) is 5.13. The van der Waals surface area contributed by atoms with Crippen molar-refractivity contribution in [3.8, 4) is 17.9 Å². The van der Waals surface area contributed by atoms with Gasteiger partial charge in [-0.25, -0.2) is 12.8 Å². The van der Waals surface area contributed by atoms with Crippen LogP contribution in [0.1, 0.15) is 12.0 Å². The summed E-state index contributed by atoms with van der Waals surface area (Å²) in [5.74, 6) is 4.47. The molecule has 0 aliphatic rings. The minimum atomic E-state index is -3.82. The predicted molar refractivity (Wildman–Crippen MR) is 72.4 cm³/mol. The Kier molecular flexibility index (Phi) is 5.66. The van der Waals surface area contributed by atoms with E-state index in [1.165, 1.54) is 7.05 Å². The van der Waals surface area contributed by atoms with Gasteiger partial charge in [0.2, 0.25) is 10.0 Å². The van der Waals surface area contributed by atoms with E-state index in [-0.39, 0.29) is 30.0 Å². The number of sulfonamides is 1. The van der Waals surface area contributed by atoms with E-state index in [0.29, 0.717) is 0 Å². The highest BCUT2D eigenvalue weighted by Crippen LogP contribution is 2.20. The molecule has 0 unspecified atom stereocenters. The van der Waals surface area contributed by atoms with Crippen LogP contribution >= 0.6 is 0 Å². The third-order valence-corrected chi connectivity index (χ3v) is 4.41. The number of hydrogen-bond acceptors (Lipinski definition) is 4. The van der Waals surface area contributed by atoms with Gasteiger partial charge in [0, 0.05) is 25.6 Å². The van der Waals surface area contributed by atoms with E-state index < -0.39 is 15.8 Å². The molecule has 0 saturated carbocycles. The lowest BCUT2D eigenvalue weighted by Crippen LogP contribution is -2.28. The molecule has 0 aliphatic carbocycles. The van der Waals surface area contributed by atoms with Crippen LogP contribution in [0.4, 0.5) is 4.39 Å². The zero-order valence-electron chi connectivity index (χ0n) is 10.9. The zero-order chi connectivity index (χ0) is 15.2. The molecule has 0 fully saturated rings. The fourth-order valence-corrected chi connectivity index (χ4v) is 2.76. The van der Waals surface area contributed by atoms with Crippen LogP contribution in [-0.4, -0.2) is 32.9 Å². The summed E-state index contributed by atoms with van der Waals surface area (Å²) >= 11 is 0. The Hall–Kier alpha value is -1.93. The van der Waals surface area contributed by atoms with Crippen molar-refractivity contribution in [1.29, 1.82) is 5.26 Å². The van der Waals surface area contributed by atoms with Gasteiger partial charge in [-0.2, -0.15) is 9.57 Å². The summed E-state index contributed by atoms with van der Waals surface area (Å²) < 4.78 is 38.9. The van der Waals surface area contributed by atoms with Crippen molar-refractivity contribution in [2.75, 3.05) is 20.1 Å². The molecule has 2 N–H and O–H groups in total. The Labute approximate surface area is 117 Å². The molecule has 0 atom stereocenters. The molecule has 0 spiro atoms. The number of nitrogens with two attached hydrogens (primary N) is 1. The van der Waals surface area contributed by atoms with Crippen LogP contribution in [0, 0.1) is 29.0 Å². The lowest BCUT2D eigenvalue weighted by atomic mass is 10.2. The third kappa shape index (κ3) is 3.78. The van der Waals surface area contributed by atoms with Gasteiger partial charge in [-0.05, 0) is 18.2 Å². The summed E-state index contributed by atoms with van der Waals surface area (Å²) in [5.41, 5.74) is 5.29. The summed E-state index contributed by atoms with van der Waals surface area (Å²) in [5, 5.41) is 8.50. The van der Waals surface area contributed by atoms with E-state index in [9.17, 15) is 12.8 Å². The van der Waals surface area contributed by atoms with Crippen LogP contribution in [0.5, 0.6) is 0 Å². The number of benzene rings is 1. The molecule has 7 heteroatoms. The first-order valence-corrected chi connectivity index (χ1v) is 7.19. The first kappa shape index (κ1) is 16.1. The molecule has 20 heavy (non-hydrogen) atoms. The summed E-state index contributed by atoms with van der Waals surface area (Å²) in [6.07, 6.45) is 0.0702. The van der Waals surface area contributed by atoms with Gasteiger partial charge in [0.1, 0.15) is 5.82 Å². The average molecular weight is 295 g/mol. The number of nitriles is 1. The smallest absolute Gasteiger partial charge is 0.244 e. The number of hydrogen-bond donors (Lipinski definition) is 1. The first-order valence-electron chi connectivity index (χ1n) is 5.75. The average Bonchev–Trinajstić information content (AvgIpc) is 2.42. The van der Waals surface area contributed by atoms with Crippen LogP contribution in [0.3, 0.4) is 0 Å². The molecule has 0 amide bonds. The maximum Gasteiger partial charge on any atom is 0.244 e. The van der Waals surface area contributed by atoms with Gasteiger partial charge >= 0.3 is 0 Å². The summed E-state index contributed by atoms with van der Waals surface area (Å²) in [4.78, 5) is -0.0970. The molecule has 5 nitrogen and oxygen atoms in total. The normalized spacial score (nSPS) is 10.8. The van der Waals surface area contributed by atoms with Gasteiger partial charge in [0.25, 0.3) is 0 Å². The van der Waals surface area contributed by atoms with E-state index in [2.05, 4.69) is 11.8 Å². The van der Waals surface area contributed by atoms with Crippen molar-refractivity contribution in [2.24, 2.45) is 5.73 Å². The molecule has 1 aromatic carbocycles. The second kappa shape index (κ2) is 7.01. The van der Waals surface area contributed by atoms with Crippen molar-refractivity contribution in [3.63, 3.8) is 0 Å². The lowest BCUT2D eigenvalue weighted by Gasteiger charge is -2.16. The predicted octanol–water partition coefficient (Wildman–Crippen LogP) is 0.670. The number of nitrogens with zero attached hydrogens (tertiary/aromatic N) is 2. The lowest BCUT2D eigenvalue weighted by molar-refractivity contribution is 0.476. The molecule has 106 valence electrons. The Bertz CT molecular complexity index is 684. The molecule has 0 saturated heterocycles. The van der Waals surface area contributed by atoms with Crippen LogP contribution in [-0.2, 0) is 10.0 Å². The quantitative estimate of drug-likeness (QED) is 0.827. The van der Waals surface area contributed by atoms with Gasteiger partial charge in [0.15, 0.2) is 0 Å². The van der Waals surface area contributed by atoms with E-state index in [1.54, 1.807) is 0 Å². The van der Waals surface area contributed by atoms with Crippen LogP contribution in [0.15, 0.2) is 23.1 Å². The Morgan fingerprint density at radius 1 is 1.45 bits per heavy atom. The Balaban J connectivity index is 3.28. The largest absolute Gasteiger partial charge is 0.320 e. The second-order valence-corrected chi connectivity index (χ2v) is 5.89. The maximum atomic E-state index is 13.2. The highest BCUT2D eigenvalue weighted by atomic mass is 32.2. The third-order valence-electron chi connectivity index (χ3n) is 2.49. The summed E-state index contributed by atoms with van der Waals surface area (Å²) in [6.45, 7) is 0.0975. The fraction of sp³-hybridized carbons (Fsp3) is 0.308. The molecule has 1 aromatic rings. The second-order valence-electron chi connectivity index (χ2n) is 3.88. The summed E-state index contributed by atoms with van der Waals surface area (Å²) in [7, 11) is -2.46. The number of rotatable bonds is 4. The molecule has 0 aliphatic heterocycles. The van der Waals surface area contributed by atoms with Gasteiger partial charge in [-0.3, -0.25) is 0 Å². The van der Waals surface area contributed by atoms with Crippen molar-refractivity contribution >= 4 is 10.0 Å². The Morgan fingerprint density at radius 3 is 2.75 bits per heavy atom. The molecule has 0 aromatic heterocycles. The van der Waals surface area contributed by atoms with Crippen molar-refractivity contribution < 1.29 is 12.8 Å². The van der Waals surface area contributed by atoms with Crippen molar-refractivity contribution in [3.05, 3.63) is 29.6 Å². The first-order chi connectivity index (χ1) is 9.43.